The molecule has 1 aromatic rings. The van der Waals surface area contributed by atoms with Crippen molar-refractivity contribution in [1.29, 1.82) is 0 Å². The van der Waals surface area contributed by atoms with Gasteiger partial charge in [0.25, 0.3) is 5.91 Å². The lowest BCUT2D eigenvalue weighted by Crippen LogP contribution is -2.38. The third-order valence-electron chi connectivity index (χ3n) is 3.71. The number of hydrogen-bond acceptors (Lipinski definition) is 4. The smallest absolute Gasteiger partial charge is 0.257 e. The minimum absolute atomic E-state index is 0.0968. The third kappa shape index (κ3) is 5.56. The lowest BCUT2D eigenvalue weighted by molar-refractivity contribution is -0.121. The molecule has 0 aromatic heterocycles. The Labute approximate surface area is 138 Å². The fourth-order valence-electron chi connectivity index (χ4n) is 2.09. The number of aryl methyl sites for hydroxylation is 1. The van der Waals surface area contributed by atoms with Gasteiger partial charge in [0.2, 0.25) is 5.91 Å². The van der Waals surface area contributed by atoms with Gasteiger partial charge in [0.1, 0.15) is 5.75 Å². The van der Waals surface area contributed by atoms with Gasteiger partial charge in [-0.2, -0.15) is 0 Å². The number of benzene rings is 1. The van der Waals surface area contributed by atoms with Crippen LogP contribution in [0.2, 0.25) is 0 Å². The number of hydrogen-bond donors (Lipinski definition) is 2. The van der Waals surface area contributed by atoms with Crippen LogP contribution in [0.4, 0.5) is 0 Å². The van der Waals surface area contributed by atoms with Gasteiger partial charge < -0.3 is 20.7 Å². The molecule has 6 heteroatoms. The van der Waals surface area contributed by atoms with E-state index in [9.17, 15) is 9.59 Å². The van der Waals surface area contributed by atoms with Gasteiger partial charge in [0.05, 0.1) is 12.2 Å². The van der Waals surface area contributed by atoms with Crippen molar-refractivity contribution in [2.24, 2.45) is 5.73 Å². The highest BCUT2D eigenvalue weighted by molar-refractivity contribution is 5.97. The Morgan fingerprint density at radius 3 is 2.70 bits per heavy atom. The zero-order chi connectivity index (χ0) is 17.4. The summed E-state index contributed by atoms with van der Waals surface area (Å²) in [6.45, 7) is 4.80. The molecule has 6 nitrogen and oxygen atoms in total. The standard InChI is InChI=1S/C17H27N3O3/c1-12-6-7-14(15(10-12)23-9-5-8-18)17(22)20(4)13(2)11-16(21)19-3/h6-7,10,13H,5,8-9,11,18H2,1-4H3,(H,19,21). The van der Waals surface area contributed by atoms with E-state index in [1.165, 1.54) is 0 Å². The molecule has 3 N–H and O–H groups in total. The molecule has 0 saturated heterocycles. The summed E-state index contributed by atoms with van der Waals surface area (Å²) in [6, 6.07) is 5.28. The molecule has 0 fully saturated rings. The first-order valence-electron chi connectivity index (χ1n) is 7.82. The summed E-state index contributed by atoms with van der Waals surface area (Å²) in [6.07, 6.45) is 0.985. The molecule has 0 radical (unpaired) electrons. The largest absolute Gasteiger partial charge is 0.493 e. The number of nitrogens with zero attached hydrogens (tertiary/aromatic N) is 1. The van der Waals surface area contributed by atoms with Crippen LogP contribution in [0.3, 0.4) is 0 Å². The summed E-state index contributed by atoms with van der Waals surface area (Å²) in [5.74, 6) is 0.298. The maximum absolute atomic E-state index is 12.7. The quantitative estimate of drug-likeness (QED) is 0.707. The lowest BCUT2D eigenvalue weighted by Gasteiger charge is -2.25. The summed E-state index contributed by atoms with van der Waals surface area (Å²) in [7, 11) is 3.28. The molecular weight excluding hydrogens is 294 g/mol. The molecule has 0 spiro atoms. The van der Waals surface area contributed by atoms with Crippen molar-refractivity contribution < 1.29 is 14.3 Å². The SMILES string of the molecule is CNC(=O)CC(C)N(C)C(=O)c1ccc(C)cc1OCCCN. The highest BCUT2D eigenvalue weighted by Crippen LogP contribution is 2.23. The van der Waals surface area contributed by atoms with Crippen molar-refractivity contribution in [2.45, 2.75) is 32.7 Å². The number of carbonyl (C=O) groups is 2. The molecule has 23 heavy (non-hydrogen) atoms. The van der Waals surface area contributed by atoms with E-state index >= 15 is 0 Å². The second kappa shape index (κ2) is 9.15. The van der Waals surface area contributed by atoms with Crippen LogP contribution < -0.4 is 15.8 Å². The molecule has 1 rings (SSSR count). The van der Waals surface area contributed by atoms with E-state index in [1.807, 2.05) is 26.0 Å². The molecule has 0 saturated carbocycles. The second-order valence-corrected chi connectivity index (χ2v) is 5.63. The van der Waals surface area contributed by atoms with Crippen molar-refractivity contribution >= 4 is 11.8 Å². The van der Waals surface area contributed by atoms with Gasteiger partial charge in [-0.1, -0.05) is 6.07 Å². The van der Waals surface area contributed by atoms with Crippen LogP contribution in [0.5, 0.6) is 5.75 Å². The van der Waals surface area contributed by atoms with Gasteiger partial charge in [0.15, 0.2) is 0 Å². The van der Waals surface area contributed by atoms with E-state index in [4.69, 9.17) is 10.5 Å². The van der Waals surface area contributed by atoms with E-state index in [2.05, 4.69) is 5.32 Å². The number of amides is 2. The Morgan fingerprint density at radius 1 is 1.39 bits per heavy atom. The van der Waals surface area contributed by atoms with E-state index < -0.39 is 0 Å². The zero-order valence-corrected chi connectivity index (χ0v) is 14.4. The number of carbonyl (C=O) groups excluding carboxylic acids is 2. The average Bonchev–Trinajstić information content (AvgIpc) is 2.53. The van der Waals surface area contributed by atoms with Crippen LogP contribution in [-0.4, -0.2) is 50.0 Å². The monoisotopic (exact) mass is 321 g/mol. The molecular formula is C17H27N3O3. The molecule has 0 aliphatic rings. The average molecular weight is 321 g/mol. The Morgan fingerprint density at radius 2 is 2.09 bits per heavy atom. The summed E-state index contributed by atoms with van der Waals surface area (Å²) in [5.41, 5.74) is 6.99. The molecule has 0 aliphatic heterocycles. The van der Waals surface area contributed by atoms with Crippen LogP contribution >= 0.6 is 0 Å². The second-order valence-electron chi connectivity index (χ2n) is 5.63. The fraction of sp³-hybridized carbons (Fsp3) is 0.529. The predicted molar refractivity (Wildman–Crippen MR) is 90.6 cm³/mol. The van der Waals surface area contributed by atoms with Gasteiger partial charge in [0, 0.05) is 26.6 Å². The van der Waals surface area contributed by atoms with Gasteiger partial charge in [-0.05, 0) is 44.5 Å². The van der Waals surface area contributed by atoms with E-state index in [1.54, 1.807) is 25.1 Å². The van der Waals surface area contributed by atoms with Gasteiger partial charge in [-0.3, -0.25) is 9.59 Å². The Hall–Kier alpha value is -2.08. The van der Waals surface area contributed by atoms with E-state index in [-0.39, 0.29) is 24.3 Å². The molecule has 0 aliphatic carbocycles. The van der Waals surface area contributed by atoms with Crippen molar-refractivity contribution in [3.63, 3.8) is 0 Å². The van der Waals surface area contributed by atoms with Gasteiger partial charge in [-0.15, -0.1) is 0 Å². The molecule has 1 aromatic carbocycles. The maximum atomic E-state index is 12.7. The molecule has 0 heterocycles. The number of nitrogens with one attached hydrogen (secondary N) is 1. The van der Waals surface area contributed by atoms with Crippen LogP contribution in [0.1, 0.15) is 35.7 Å². The topological polar surface area (TPSA) is 84.7 Å². The number of ether oxygens (including phenoxy) is 1. The summed E-state index contributed by atoms with van der Waals surface area (Å²) in [4.78, 5) is 25.8. The molecule has 0 bridgehead atoms. The Kier molecular flexibility index (Phi) is 7.54. The first-order chi connectivity index (χ1) is 10.9. The van der Waals surface area contributed by atoms with Crippen LogP contribution in [0.15, 0.2) is 18.2 Å². The summed E-state index contributed by atoms with van der Waals surface area (Å²) >= 11 is 0. The van der Waals surface area contributed by atoms with E-state index in [0.29, 0.717) is 24.5 Å². The fourth-order valence-corrected chi connectivity index (χ4v) is 2.09. The molecule has 2 amide bonds. The normalized spacial score (nSPS) is 11.7. The molecule has 128 valence electrons. The van der Waals surface area contributed by atoms with Crippen molar-refractivity contribution in [2.75, 3.05) is 27.2 Å². The Balaban J connectivity index is 2.90. The molecule has 1 unspecified atom stereocenters. The number of nitrogens with two attached hydrogens (primary N) is 1. The minimum atomic E-state index is -0.208. The van der Waals surface area contributed by atoms with E-state index in [0.717, 1.165) is 12.0 Å². The maximum Gasteiger partial charge on any atom is 0.257 e. The molecule has 1 atom stereocenters. The zero-order valence-electron chi connectivity index (χ0n) is 14.4. The van der Waals surface area contributed by atoms with Crippen molar-refractivity contribution in [1.82, 2.24) is 10.2 Å². The first kappa shape index (κ1) is 19.0. The van der Waals surface area contributed by atoms with Gasteiger partial charge >= 0.3 is 0 Å². The lowest BCUT2D eigenvalue weighted by atomic mass is 10.1. The summed E-state index contributed by atoms with van der Waals surface area (Å²) in [5, 5.41) is 2.57. The highest BCUT2D eigenvalue weighted by atomic mass is 16.5. The minimum Gasteiger partial charge on any atom is -0.493 e. The van der Waals surface area contributed by atoms with Gasteiger partial charge in [-0.25, -0.2) is 0 Å². The summed E-state index contributed by atoms with van der Waals surface area (Å²) < 4.78 is 5.70. The van der Waals surface area contributed by atoms with Crippen molar-refractivity contribution in [3.05, 3.63) is 29.3 Å². The van der Waals surface area contributed by atoms with Crippen LogP contribution in [-0.2, 0) is 4.79 Å². The van der Waals surface area contributed by atoms with Crippen molar-refractivity contribution in [3.8, 4) is 5.75 Å². The highest BCUT2D eigenvalue weighted by Gasteiger charge is 2.22. The van der Waals surface area contributed by atoms with Crippen LogP contribution in [0, 0.1) is 6.92 Å². The first-order valence-corrected chi connectivity index (χ1v) is 7.82. The predicted octanol–water partition coefficient (Wildman–Crippen LogP) is 1.32. The Bertz CT molecular complexity index is 546. The third-order valence-corrected chi connectivity index (χ3v) is 3.71. The van der Waals surface area contributed by atoms with Crippen LogP contribution in [0.25, 0.3) is 0 Å². The number of rotatable bonds is 8.